The van der Waals surface area contributed by atoms with Crippen molar-refractivity contribution in [3.8, 4) is 0 Å². The van der Waals surface area contributed by atoms with Crippen molar-refractivity contribution in [2.75, 3.05) is 19.6 Å². The number of carbonyl (C=O) groups excluding carboxylic acids is 2. The lowest BCUT2D eigenvalue weighted by Crippen LogP contribution is -2.37. The van der Waals surface area contributed by atoms with E-state index in [1.807, 2.05) is 0 Å². The van der Waals surface area contributed by atoms with Gasteiger partial charge in [-0.15, -0.1) is 0 Å². The van der Waals surface area contributed by atoms with E-state index in [0.717, 1.165) is 19.3 Å². The van der Waals surface area contributed by atoms with Crippen LogP contribution in [0, 0.1) is 5.92 Å². The number of amides is 2. The number of rotatable bonds is 9. The molecule has 0 aliphatic rings. The monoisotopic (exact) mass is 243 g/mol. The van der Waals surface area contributed by atoms with Gasteiger partial charge < -0.3 is 16.4 Å². The molecule has 0 saturated carbocycles. The van der Waals surface area contributed by atoms with E-state index in [1.165, 1.54) is 0 Å². The molecule has 0 unspecified atom stereocenters. The summed E-state index contributed by atoms with van der Waals surface area (Å²) in [5.74, 6) is 0.307. The SMILES string of the molecule is CC(C)CCC(=O)NCC(=O)NCCCCN. The van der Waals surface area contributed by atoms with Gasteiger partial charge in [0.2, 0.25) is 11.8 Å². The summed E-state index contributed by atoms with van der Waals surface area (Å²) in [5, 5.41) is 5.33. The molecule has 0 heterocycles. The first-order valence-corrected chi connectivity index (χ1v) is 6.29. The highest BCUT2D eigenvalue weighted by Gasteiger charge is 2.05. The molecule has 0 radical (unpaired) electrons. The summed E-state index contributed by atoms with van der Waals surface area (Å²) in [6.45, 7) is 5.47. The highest BCUT2D eigenvalue weighted by Crippen LogP contribution is 2.02. The minimum absolute atomic E-state index is 0.0594. The lowest BCUT2D eigenvalue weighted by molar-refractivity contribution is -0.126. The molecule has 0 saturated heterocycles. The molecule has 0 aromatic rings. The lowest BCUT2D eigenvalue weighted by Gasteiger charge is -2.07. The Hall–Kier alpha value is -1.10. The fraction of sp³-hybridized carbons (Fsp3) is 0.833. The number of carbonyl (C=O) groups is 2. The molecule has 0 aliphatic heterocycles. The third-order valence-corrected chi connectivity index (χ3v) is 2.35. The topological polar surface area (TPSA) is 84.2 Å². The number of nitrogens with two attached hydrogens (primary N) is 1. The number of unbranched alkanes of at least 4 members (excludes halogenated alkanes) is 1. The van der Waals surface area contributed by atoms with Crippen LogP contribution in [-0.4, -0.2) is 31.4 Å². The van der Waals surface area contributed by atoms with Crippen molar-refractivity contribution in [1.82, 2.24) is 10.6 Å². The normalized spacial score (nSPS) is 10.4. The molecule has 0 fully saturated rings. The number of nitrogens with one attached hydrogen (secondary N) is 2. The van der Waals surface area contributed by atoms with Gasteiger partial charge in [0.05, 0.1) is 6.54 Å². The zero-order valence-electron chi connectivity index (χ0n) is 10.9. The van der Waals surface area contributed by atoms with Crippen LogP contribution in [0.5, 0.6) is 0 Å². The average molecular weight is 243 g/mol. The maximum Gasteiger partial charge on any atom is 0.239 e. The minimum Gasteiger partial charge on any atom is -0.355 e. The highest BCUT2D eigenvalue weighted by atomic mass is 16.2. The predicted molar refractivity (Wildman–Crippen MR) is 68.4 cm³/mol. The second-order valence-corrected chi connectivity index (χ2v) is 4.55. The predicted octanol–water partition coefficient (Wildman–Crippen LogP) is 0.394. The van der Waals surface area contributed by atoms with Gasteiger partial charge in [-0.25, -0.2) is 0 Å². The molecule has 0 aliphatic carbocycles. The molecule has 0 aromatic carbocycles. The molecule has 17 heavy (non-hydrogen) atoms. The summed E-state index contributed by atoms with van der Waals surface area (Å²) in [4.78, 5) is 22.6. The van der Waals surface area contributed by atoms with Crippen LogP contribution in [0.2, 0.25) is 0 Å². The van der Waals surface area contributed by atoms with E-state index in [4.69, 9.17) is 5.73 Å². The Labute approximate surface area is 104 Å². The van der Waals surface area contributed by atoms with Crippen molar-refractivity contribution in [3.63, 3.8) is 0 Å². The Morgan fingerprint density at radius 2 is 1.82 bits per heavy atom. The zero-order chi connectivity index (χ0) is 13.1. The van der Waals surface area contributed by atoms with Crippen LogP contribution < -0.4 is 16.4 Å². The van der Waals surface area contributed by atoms with Crippen molar-refractivity contribution >= 4 is 11.8 Å². The van der Waals surface area contributed by atoms with E-state index in [-0.39, 0.29) is 18.4 Å². The summed E-state index contributed by atoms with van der Waals surface area (Å²) in [6.07, 6.45) is 3.12. The summed E-state index contributed by atoms with van der Waals surface area (Å²) in [6, 6.07) is 0. The summed E-state index contributed by atoms with van der Waals surface area (Å²) >= 11 is 0. The van der Waals surface area contributed by atoms with Gasteiger partial charge in [-0.2, -0.15) is 0 Å². The second kappa shape index (κ2) is 10.1. The molecule has 5 heteroatoms. The van der Waals surface area contributed by atoms with Gasteiger partial charge in [0.15, 0.2) is 0 Å². The van der Waals surface area contributed by atoms with Crippen molar-refractivity contribution in [2.24, 2.45) is 11.7 Å². The molecule has 5 nitrogen and oxygen atoms in total. The standard InChI is InChI=1S/C12H25N3O2/c1-10(2)5-6-11(16)15-9-12(17)14-8-4-3-7-13/h10H,3-9,13H2,1-2H3,(H,14,17)(H,15,16). The van der Waals surface area contributed by atoms with E-state index in [9.17, 15) is 9.59 Å². The Balaban J connectivity index is 3.45. The quantitative estimate of drug-likeness (QED) is 0.512. The number of hydrogen-bond acceptors (Lipinski definition) is 3. The van der Waals surface area contributed by atoms with Gasteiger partial charge in [0.25, 0.3) is 0 Å². The Kier molecular flexibility index (Phi) is 9.43. The first kappa shape index (κ1) is 15.9. The molecular weight excluding hydrogens is 218 g/mol. The van der Waals surface area contributed by atoms with Crippen LogP contribution in [0.4, 0.5) is 0 Å². The summed E-state index contributed by atoms with van der Waals surface area (Å²) < 4.78 is 0. The van der Waals surface area contributed by atoms with Crippen molar-refractivity contribution < 1.29 is 9.59 Å². The number of hydrogen-bond donors (Lipinski definition) is 3. The fourth-order valence-electron chi connectivity index (χ4n) is 1.25. The maximum atomic E-state index is 11.3. The molecule has 2 amide bonds. The van der Waals surface area contributed by atoms with Crippen molar-refractivity contribution in [3.05, 3.63) is 0 Å². The Morgan fingerprint density at radius 1 is 1.12 bits per heavy atom. The molecule has 0 bridgehead atoms. The summed E-state index contributed by atoms with van der Waals surface area (Å²) in [7, 11) is 0. The molecule has 0 spiro atoms. The van der Waals surface area contributed by atoms with Crippen LogP contribution in [0.3, 0.4) is 0 Å². The van der Waals surface area contributed by atoms with Crippen molar-refractivity contribution in [2.45, 2.75) is 39.5 Å². The van der Waals surface area contributed by atoms with Crippen LogP contribution in [0.15, 0.2) is 0 Å². The van der Waals surface area contributed by atoms with Crippen LogP contribution in [0.1, 0.15) is 39.5 Å². The first-order valence-electron chi connectivity index (χ1n) is 6.29. The van der Waals surface area contributed by atoms with Crippen molar-refractivity contribution in [1.29, 1.82) is 0 Å². The second-order valence-electron chi connectivity index (χ2n) is 4.55. The Bertz CT molecular complexity index is 230. The Morgan fingerprint density at radius 3 is 2.41 bits per heavy atom. The molecule has 0 aromatic heterocycles. The van der Waals surface area contributed by atoms with Gasteiger partial charge in [0.1, 0.15) is 0 Å². The molecule has 100 valence electrons. The third kappa shape index (κ3) is 11.2. The van der Waals surface area contributed by atoms with E-state index in [2.05, 4.69) is 24.5 Å². The summed E-state index contributed by atoms with van der Waals surface area (Å²) in [5.41, 5.74) is 5.33. The van der Waals surface area contributed by atoms with Gasteiger partial charge >= 0.3 is 0 Å². The van der Waals surface area contributed by atoms with E-state index in [0.29, 0.717) is 25.4 Å². The minimum atomic E-state index is -0.139. The maximum absolute atomic E-state index is 11.3. The van der Waals surface area contributed by atoms with E-state index < -0.39 is 0 Å². The van der Waals surface area contributed by atoms with Crippen LogP contribution >= 0.6 is 0 Å². The van der Waals surface area contributed by atoms with Gasteiger partial charge in [-0.3, -0.25) is 9.59 Å². The highest BCUT2D eigenvalue weighted by molar-refractivity contribution is 5.84. The van der Waals surface area contributed by atoms with Crippen LogP contribution in [0.25, 0.3) is 0 Å². The largest absolute Gasteiger partial charge is 0.355 e. The van der Waals surface area contributed by atoms with Crippen LogP contribution in [-0.2, 0) is 9.59 Å². The smallest absolute Gasteiger partial charge is 0.239 e. The molecule has 4 N–H and O–H groups in total. The lowest BCUT2D eigenvalue weighted by atomic mass is 10.1. The van der Waals surface area contributed by atoms with Gasteiger partial charge in [-0.05, 0) is 31.7 Å². The van der Waals surface area contributed by atoms with Gasteiger partial charge in [0, 0.05) is 13.0 Å². The van der Waals surface area contributed by atoms with Gasteiger partial charge in [-0.1, -0.05) is 13.8 Å². The van der Waals surface area contributed by atoms with E-state index >= 15 is 0 Å². The molecular formula is C12H25N3O2. The zero-order valence-corrected chi connectivity index (χ0v) is 10.9. The molecule has 0 rings (SSSR count). The van der Waals surface area contributed by atoms with E-state index in [1.54, 1.807) is 0 Å². The first-order chi connectivity index (χ1) is 8.06. The fourth-order valence-corrected chi connectivity index (χ4v) is 1.25. The molecule has 0 atom stereocenters. The average Bonchev–Trinajstić information content (AvgIpc) is 2.29. The third-order valence-electron chi connectivity index (χ3n) is 2.35.